The SMILES string of the molecule is O=C1COc2ccccc2N1CCCNc1nc2ccccc2[nH]1. The fraction of sp³-hybridized carbons (Fsp3) is 0.222. The molecule has 1 aliphatic rings. The van der Waals surface area contributed by atoms with Crippen molar-refractivity contribution in [3.63, 3.8) is 0 Å². The van der Waals surface area contributed by atoms with Crippen molar-refractivity contribution < 1.29 is 9.53 Å². The standard InChI is InChI=1S/C18H18N4O2/c23-17-12-24-16-9-4-3-8-15(16)22(17)11-5-10-19-18-20-13-6-1-2-7-14(13)21-18/h1-4,6-9H,5,10-12H2,(H2,19,20,21). The lowest BCUT2D eigenvalue weighted by Gasteiger charge is -2.29. The van der Waals surface area contributed by atoms with Crippen molar-refractivity contribution in [1.29, 1.82) is 0 Å². The first-order chi connectivity index (χ1) is 11.8. The van der Waals surface area contributed by atoms with Crippen molar-refractivity contribution in [3.05, 3.63) is 48.5 Å². The summed E-state index contributed by atoms with van der Waals surface area (Å²) in [5.74, 6) is 1.52. The molecule has 2 aromatic carbocycles. The molecule has 4 rings (SSSR count). The van der Waals surface area contributed by atoms with Crippen LogP contribution in [0.15, 0.2) is 48.5 Å². The third-order valence-corrected chi connectivity index (χ3v) is 4.05. The molecule has 0 saturated heterocycles. The fourth-order valence-corrected chi connectivity index (χ4v) is 2.88. The Labute approximate surface area is 139 Å². The molecule has 1 aromatic heterocycles. The Balaban J connectivity index is 1.36. The minimum atomic E-state index is -0.00237. The average molecular weight is 322 g/mol. The highest BCUT2D eigenvalue weighted by Crippen LogP contribution is 2.31. The van der Waals surface area contributed by atoms with Crippen LogP contribution in [0.2, 0.25) is 0 Å². The van der Waals surface area contributed by atoms with E-state index < -0.39 is 0 Å². The Kier molecular flexibility index (Phi) is 3.78. The van der Waals surface area contributed by atoms with Gasteiger partial charge < -0.3 is 19.9 Å². The lowest BCUT2D eigenvalue weighted by molar-refractivity contribution is -0.121. The summed E-state index contributed by atoms with van der Waals surface area (Å²) in [6.07, 6.45) is 0.817. The lowest BCUT2D eigenvalue weighted by Crippen LogP contribution is -2.39. The number of benzene rings is 2. The Morgan fingerprint density at radius 3 is 2.92 bits per heavy atom. The molecule has 0 unspecified atom stereocenters. The van der Waals surface area contributed by atoms with Crippen LogP contribution in [0, 0.1) is 0 Å². The van der Waals surface area contributed by atoms with E-state index in [0.29, 0.717) is 6.54 Å². The van der Waals surface area contributed by atoms with Gasteiger partial charge in [0.15, 0.2) is 6.61 Å². The summed E-state index contributed by atoms with van der Waals surface area (Å²) >= 11 is 0. The minimum absolute atomic E-state index is 0.00237. The van der Waals surface area contributed by atoms with Crippen LogP contribution in [-0.2, 0) is 4.79 Å². The monoisotopic (exact) mass is 322 g/mol. The number of amides is 1. The number of aromatic amines is 1. The quantitative estimate of drug-likeness (QED) is 0.709. The normalized spacial score (nSPS) is 13.7. The first kappa shape index (κ1) is 14.6. The van der Waals surface area contributed by atoms with Crippen LogP contribution < -0.4 is 15.0 Å². The van der Waals surface area contributed by atoms with Crippen LogP contribution >= 0.6 is 0 Å². The second-order valence-corrected chi connectivity index (χ2v) is 5.68. The van der Waals surface area contributed by atoms with Crippen molar-refractivity contribution in [2.24, 2.45) is 0 Å². The highest BCUT2D eigenvalue weighted by atomic mass is 16.5. The molecule has 0 spiro atoms. The van der Waals surface area contributed by atoms with E-state index in [1.165, 1.54) is 0 Å². The van der Waals surface area contributed by atoms with Gasteiger partial charge in [-0.2, -0.15) is 0 Å². The number of rotatable bonds is 5. The van der Waals surface area contributed by atoms with E-state index in [0.717, 1.165) is 41.4 Å². The number of aromatic nitrogens is 2. The maximum absolute atomic E-state index is 12.1. The van der Waals surface area contributed by atoms with E-state index in [1.54, 1.807) is 4.90 Å². The number of nitrogens with zero attached hydrogens (tertiary/aromatic N) is 2. The number of anilines is 2. The van der Waals surface area contributed by atoms with Crippen molar-refractivity contribution in [2.45, 2.75) is 6.42 Å². The van der Waals surface area contributed by atoms with Crippen LogP contribution in [0.4, 0.5) is 11.6 Å². The zero-order valence-corrected chi connectivity index (χ0v) is 13.2. The van der Waals surface area contributed by atoms with Gasteiger partial charge in [-0.1, -0.05) is 24.3 Å². The first-order valence-corrected chi connectivity index (χ1v) is 8.02. The first-order valence-electron chi connectivity index (χ1n) is 8.02. The summed E-state index contributed by atoms with van der Waals surface area (Å²) in [6.45, 7) is 1.48. The zero-order valence-electron chi connectivity index (χ0n) is 13.2. The zero-order chi connectivity index (χ0) is 16.4. The average Bonchev–Trinajstić information content (AvgIpc) is 3.03. The summed E-state index contributed by atoms with van der Waals surface area (Å²) in [4.78, 5) is 21.6. The number of hydrogen-bond donors (Lipinski definition) is 2. The summed E-state index contributed by atoms with van der Waals surface area (Å²) in [5, 5.41) is 3.28. The van der Waals surface area contributed by atoms with E-state index in [9.17, 15) is 4.79 Å². The summed E-state index contributed by atoms with van der Waals surface area (Å²) < 4.78 is 5.45. The lowest BCUT2D eigenvalue weighted by atomic mass is 10.2. The summed E-state index contributed by atoms with van der Waals surface area (Å²) in [5.41, 5.74) is 2.80. The van der Waals surface area contributed by atoms with Crippen molar-refractivity contribution in [3.8, 4) is 5.75 Å². The molecule has 3 aromatic rings. The van der Waals surface area contributed by atoms with Gasteiger partial charge in [0.25, 0.3) is 5.91 Å². The van der Waals surface area contributed by atoms with Crippen LogP contribution in [-0.4, -0.2) is 35.6 Å². The highest BCUT2D eigenvalue weighted by Gasteiger charge is 2.24. The number of imidazole rings is 1. The molecule has 0 fully saturated rings. The summed E-state index contributed by atoms with van der Waals surface area (Å²) in [6, 6.07) is 15.5. The van der Waals surface area contributed by atoms with Crippen molar-refractivity contribution in [2.75, 3.05) is 29.9 Å². The van der Waals surface area contributed by atoms with Gasteiger partial charge in [0, 0.05) is 13.1 Å². The van der Waals surface area contributed by atoms with Gasteiger partial charge in [-0.25, -0.2) is 4.98 Å². The molecular weight excluding hydrogens is 304 g/mol. The topological polar surface area (TPSA) is 70.2 Å². The Bertz CT molecular complexity index is 841. The van der Waals surface area contributed by atoms with Gasteiger partial charge in [0.2, 0.25) is 5.95 Å². The van der Waals surface area contributed by atoms with Crippen LogP contribution in [0.1, 0.15) is 6.42 Å². The predicted octanol–water partition coefficient (Wildman–Crippen LogP) is 2.79. The number of nitrogens with one attached hydrogen (secondary N) is 2. The molecule has 6 heteroatoms. The number of hydrogen-bond acceptors (Lipinski definition) is 4. The molecule has 0 bridgehead atoms. The molecule has 0 aliphatic carbocycles. The van der Waals surface area contributed by atoms with E-state index >= 15 is 0 Å². The second kappa shape index (κ2) is 6.23. The number of ether oxygens (including phenoxy) is 1. The predicted molar refractivity (Wildman–Crippen MR) is 93.5 cm³/mol. The number of carbonyl (C=O) groups is 1. The molecule has 0 atom stereocenters. The van der Waals surface area contributed by atoms with Gasteiger partial charge in [-0.3, -0.25) is 4.79 Å². The van der Waals surface area contributed by atoms with Gasteiger partial charge >= 0.3 is 0 Å². The van der Waals surface area contributed by atoms with Gasteiger partial charge in [-0.05, 0) is 30.7 Å². The van der Waals surface area contributed by atoms with E-state index in [-0.39, 0.29) is 12.5 Å². The van der Waals surface area contributed by atoms with E-state index in [1.807, 2.05) is 48.5 Å². The maximum atomic E-state index is 12.1. The highest BCUT2D eigenvalue weighted by molar-refractivity contribution is 5.97. The Morgan fingerprint density at radius 1 is 1.17 bits per heavy atom. The largest absolute Gasteiger partial charge is 0.482 e. The molecule has 2 N–H and O–H groups in total. The maximum Gasteiger partial charge on any atom is 0.265 e. The van der Waals surface area contributed by atoms with Gasteiger partial charge in [0.05, 0.1) is 16.7 Å². The van der Waals surface area contributed by atoms with E-state index in [4.69, 9.17) is 4.74 Å². The third-order valence-electron chi connectivity index (χ3n) is 4.05. The number of para-hydroxylation sites is 4. The number of H-pyrrole nitrogens is 1. The van der Waals surface area contributed by atoms with Crippen LogP contribution in [0.5, 0.6) is 5.75 Å². The fourth-order valence-electron chi connectivity index (χ4n) is 2.88. The van der Waals surface area contributed by atoms with E-state index in [2.05, 4.69) is 15.3 Å². The van der Waals surface area contributed by atoms with Gasteiger partial charge in [0.1, 0.15) is 5.75 Å². The van der Waals surface area contributed by atoms with Gasteiger partial charge in [-0.15, -0.1) is 0 Å². The molecule has 24 heavy (non-hydrogen) atoms. The smallest absolute Gasteiger partial charge is 0.265 e. The molecule has 1 aliphatic heterocycles. The number of carbonyl (C=O) groups excluding carboxylic acids is 1. The van der Waals surface area contributed by atoms with Crippen molar-refractivity contribution in [1.82, 2.24) is 9.97 Å². The molecular formula is C18H18N4O2. The third kappa shape index (κ3) is 2.78. The van der Waals surface area contributed by atoms with Crippen LogP contribution in [0.25, 0.3) is 11.0 Å². The molecule has 6 nitrogen and oxygen atoms in total. The molecule has 0 saturated carbocycles. The molecule has 122 valence electrons. The second-order valence-electron chi connectivity index (χ2n) is 5.68. The number of fused-ring (bicyclic) bond motifs is 2. The Hall–Kier alpha value is -3.02. The summed E-state index contributed by atoms with van der Waals surface area (Å²) in [7, 11) is 0. The molecule has 0 radical (unpaired) electrons. The van der Waals surface area contributed by atoms with Crippen molar-refractivity contribution >= 4 is 28.6 Å². The van der Waals surface area contributed by atoms with Crippen LogP contribution in [0.3, 0.4) is 0 Å². The molecule has 1 amide bonds. The Morgan fingerprint density at radius 2 is 2.00 bits per heavy atom. The minimum Gasteiger partial charge on any atom is -0.482 e. The molecule has 2 heterocycles.